The Balaban J connectivity index is 0.835. The molecule has 0 atom stereocenters. The van der Waals surface area contributed by atoms with Crippen molar-refractivity contribution in [2.24, 2.45) is 0 Å². The molecule has 358 valence electrons. The molecule has 6 nitrogen and oxygen atoms in total. The van der Waals surface area contributed by atoms with E-state index in [2.05, 4.69) is 176 Å². The maximum absolute atomic E-state index is 14.1. The van der Waals surface area contributed by atoms with Crippen molar-refractivity contribution in [2.75, 3.05) is 36.0 Å². The first-order valence-electron chi connectivity index (χ1n) is 26.0. The highest BCUT2D eigenvalue weighted by Crippen LogP contribution is 2.55. The molecule has 6 heteroatoms. The van der Waals surface area contributed by atoms with E-state index in [1.54, 1.807) is 0 Å². The molecule has 0 radical (unpaired) electrons. The summed E-state index contributed by atoms with van der Waals surface area (Å²) in [6.07, 6.45) is 4.25. The van der Waals surface area contributed by atoms with Crippen LogP contribution in [-0.4, -0.2) is 26.2 Å². The molecule has 71 heavy (non-hydrogen) atoms. The molecule has 2 aromatic heterocycles. The van der Waals surface area contributed by atoms with Gasteiger partial charge in [-0.15, -0.1) is 0 Å². The van der Waals surface area contributed by atoms with Gasteiger partial charge in [-0.25, -0.2) is 9.59 Å². The Morgan fingerprint density at radius 1 is 0.380 bits per heavy atom. The van der Waals surface area contributed by atoms with Gasteiger partial charge in [-0.1, -0.05) is 130 Å². The average molecular weight is 937 g/mol. The monoisotopic (exact) mass is 936 g/mol. The summed E-state index contributed by atoms with van der Waals surface area (Å²) >= 11 is 0. The molecule has 0 saturated heterocycles. The maximum Gasteiger partial charge on any atom is 0.344 e. The summed E-state index contributed by atoms with van der Waals surface area (Å²) in [6.45, 7) is 27.4. The molecule has 5 aliphatic rings. The molecular formula is C65H64N2O4. The van der Waals surface area contributed by atoms with Gasteiger partial charge in [0.05, 0.1) is 11.1 Å². The van der Waals surface area contributed by atoms with Gasteiger partial charge >= 0.3 is 11.3 Å². The molecule has 0 saturated carbocycles. The number of nitrogens with zero attached hydrogens (tertiary/aromatic N) is 2. The van der Waals surface area contributed by atoms with Crippen LogP contribution >= 0.6 is 0 Å². The van der Waals surface area contributed by atoms with Gasteiger partial charge in [-0.3, -0.25) is 0 Å². The lowest BCUT2D eigenvalue weighted by atomic mass is 9.69. The van der Waals surface area contributed by atoms with Crippen LogP contribution in [0.5, 0.6) is 0 Å². The Kier molecular flexibility index (Phi) is 9.18. The summed E-state index contributed by atoms with van der Waals surface area (Å²) in [6, 6.07) is 39.2. The van der Waals surface area contributed by atoms with Crippen LogP contribution in [0.25, 0.3) is 77.6 Å². The molecule has 0 N–H and O–H groups in total. The Labute approximate surface area is 417 Å². The standard InChI is InChI=1S/C65H64N2O4/c1-61(2)21-25-66-27-23-63(5,6)53-55(66)51(61)35-43-31-47(59(68)70-57(43)53)41-15-11-13-37(29-41)39-17-19-45-46-20-18-40(34-50(46)65(9,10)49(45)33-39)38-14-12-16-42(30-38)48-32-44-36-52-56-54(58(44)71-60(48)69)64(7,8)24-28-67(56)26-22-62(52,3)4/h11-20,29-36H,21-28H2,1-10H3. The van der Waals surface area contributed by atoms with Crippen LogP contribution in [0, 0.1) is 0 Å². The normalized spacial score (nSPS) is 19.3. The first kappa shape index (κ1) is 44.3. The van der Waals surface area contributed by atoms with Gasteiger partial charge in [-0.05, 0) is 163 Å². The van der Waals surface area contributed by atoms with E-state index in [1.807, 2.05) is 12.1 Å². The van der Waals surface area contributed by atoms with Crippen LogP contribution in [0.3, 0.4) is 0 Å². The van der Waals surface area contributed by atoms with Gasteiger partial charge in [-0.2, -0.15) is 0 Å². The second kappa shape index (κ2) is 14.7. The van der Waals surface area contributed by atoms with Gasteiger partial charge in [0.25, 0.3) is 0 Å². The van der Waals surface area contributed by atoms with Crippen LogP contribution < -0.4 is 21.1 Å². The molecule has 0 bridgehead atoms. The van der Waals surface area contributed by atoms with E-state index in [0.717, 1.165) is 107 Å². The van der Waals surface area contributed by atoms with E-state index in [9.17, 15) is 9.59 Å². The second-order valence-electron chi connectivity index (χ2n) is 24.8. The fourth-order valence-corrected chi connectivity index (χ4v) is 13.5. The fraction of sp³-hybridized carbons (Fsp3) is 0.354. The maximum atomic E-state index is 14.1. The number of hydrogen-bond acceptors (Lipinski definition) is 6. The lowest BCUT2D eigenvalue weighted by Crippen LogP contribution is -2.44. The first-order chi connectivity index (χ1) is 33.7. The Hall–Kier alpha value is -6.66. The minimum Gasteiger partial charge on any atom is -0.422 e. The summed E-state index contributed by atoms with van der Waals surface area (Å²) in [5.74, 6) is 0. The zero-order valence-electron chi connectivity index (χ0n) is 43.1. The van der Waals surface area contributed by atoms with Gasteiger partial charge in [0.2, 0.25) is 0 Å². The lowest BCUT2D eigenvalue weighted by Gasteiger charge is -2.48. The van der Waals surface area contributed by atoms with Gasteiger partial charge in [0.1, 0.15) is 11.2 Å². The predicted octanol–water partition coefficient (Wildman–Crippen LogP) is 15.2. The van der Waals surface area contributed by atoms with Crippen molar-refractivity contribution in [1.29, 1.82) is 0 Å². The molecule has 0 fully saturated rings. The van der Waals surface area contributed by atoms with E-state index in [1.165, 1.54) is 55.9 Å². The molecule has 6 aromatic carbocycles. The second-order valence-corrected chi connectivity index (χ2v) is 24.8. The van der Waals surface area contributed by atoms with Crippen LogP contribution in [0.1, 0.15) is 128 Å². The van der Waals surface area contributed by atoms with E-state index in [-0.39, 0.29) is 38.3 Å². The molecule has 13 rings (SSSR count). The molecule has 1 aliphatic carbocycles. The molecule has 0 amide bonds. The van der Waals surface area contributed by atoms with Crippen molar-refractivity contribution in [3.05, 3.63) is 163 Å². The Morgan fingerprint density at radius 2 is 0.746 bits per heavy atom. The van der Waals surface area contributed by atoms with Crippen LogP contribution in [0.15, 0.2) is 128 Å². The predicted molar refractivity (Wildman–Crippen MR) is 293 cm³/mol. The van der Waals surface area contributed by atoms with Crippen molar-refractivity contribution < 1.29 is 8.83 Å². The van der Waals surface area contributed by atoms with Gasteiger partial charge < -0.3 is 18.6 Å². The Morgan fingerprint density at radius 3 is 1.15 bits per heavy atom. The van der Waals surface area contributed by atoms with E-state index < -0.39 is 0 Å². The number of benzene rings is 6. The van der Waals surface area contributed by atoms with Crippen LogP contribution in [0.4, 0.5) is 11.4 Å². The van der Waals surface area contributed by atoms with E-state index in [4.69, 9.17) is 8.83 Å². The minimum atomic E-state index is -0.297. The summed E-state index contributed by atoms with van der Waals surface area (Å²) in [5.41, 5.74) is 20.3. The summed E-state index contributed by atoms with van der Waals surface area (Å²) in [4.78, 5) is 33.3. The lowest BCUT2D eigenvalue weighted by molar-refractivity contribution is 0.398. The van der Waals surface area contributed by atoms with E-state index >= 15 is 0 Å². The topological polar surface area (TPSA) is 66.9 Å². The highest BCUT2D eigenvalue weighted by molar-refractivity contribution is 5.95. The van der Waals surface area contributed by atoms with Crippen molar-refractivity contribution >= 4 is 33.3 Å². The van der Waals surface area contributed by atoms with Gasteiger partial charge in [0, 0.05) is 64.9 Å². The van der Waals surface area contributed by atoms with Crippen molar-refractivity contribution in [3.8, 4) is 55.6 Å². The summed E-state index contributed by atoms with van der Waals surface area (Å²) in [7, 11) is 0. The third-order valence-corrected chi connectivity index (χ3v) is 18.2. The molecule has 0 unspecified atom stereocenters. The summed E-state index contributed by atoms with van der Waals surface area (Å²) < 4.78 is 12.8. The quantitative estimate of drug-likeness (QED) is 0.164. The first-order valence-corrected chi connectivity index (χ1v) is 26.0. The summed E-state index contributed by atoms with van der Waals surface area (Å²) in [5, 5.41) is 2.00. The minimum absolute atomic E-state index is 0.0266. The molecule has 8 aromatic rings. The van der Waals surface area contributed by atoms with E-state index in [0.29, 0.717) is 11.1 Å². The highest BCUT2D eigenvalue weighted by atomic mass is 16.4. The zero-order chi connectivity index (χ0) is 49.3. The number of hydrogen-bond donors (Lipinski definition) is 0. The van der Waals surface area contributed by atoms with Gasteiger partial charge in [0.15, 0.2) is 0 Å². The Bertz CT molecular complexity index is 3520. The fourth-order valence-electron chi connectivity index (χ4n) is 13.5. The molecule has 6 heterocycles. The third-order valence-electron chi connectivity index (χ3n) is 18.2. The third kappa shape index (κ3) is 6.51. The number of fused-ring (bicyclic) bond motifs is 7. The largest absolute Gasteiger partial charge is 0.422 e. The molecule has 4 aliphatic heterocycles. The van der Waals surface area contributed by atoms with Crippen molar-refractivity contribution in [2.45, 2.75) is 122 Å². The van der Waals surface area contributed by atoms with Crippen LogP contribution in [-0.2, 0) is 27.1 Å². The van der Waals surface area contributed by atoms with Crippen molar-refractivity contribution in [3.63, 3.8) is 0 Å². The number of rotatable bonds is 4. The average Bonchev–Trinajstić information content (AvgIpc) is 3.56. The highest BCUT2D eigenvalue weighted by Gasteiger charge is 2.44. The van der Waals surface area contributed by atoms with Crippen LogP contribution in [0.2, 0.25) is 0 Å². The smallest absolute Gasteiger partial charge is 0.344 e. The SMILES string of the molecule is CC1(C)CCN2CCC(C)(C)c3c2c1cc1cc(-c2cccc(-c4ccc5c(c4)C(C)(C)c4cc(-c6cccc(-c7cc8cc9c%10c(c8oc7=O)C(C)(C)CCN%10CCC9(C)C)c6)ccc4-5)c2)c(=O)oc31. The number of anilines is 2. The molecule has 0 spiro atoms. The zero-order valence-corrected chi connectivity index (χ0v) is 43.1. The van der Waals surface area contributed by atoms with Crippen molar-refractivity contribution in [1.82, 2.24) is 0 Å². The molecular weight excluding hydrogens is 873 g/mol.